The van der Waals surface area contributed by atoms with Crippen LogP contribution in [0.3, 0.4) is 0 Å². The van der Waals surface area contributed by atoms with E-state index in [0.29, 0.717) is 6.61 Å². The van der Waals surface area contributed by atoms with Gasteiger partial charge >= 0.3 is 5.97 Å². The molecule has 1 aromatic rings. The normalized spacial score (nSPS) is 20.1. The fraction of sp³-hybridized carbons (Fsp3) is 0.800. The Morgan fingerprint density at radius 3 is 2.31 bits per heavy atom. The van der Waals surface area contributed by atoms with E-state index in [1.54, 1.807) is 11.3 Å². The number of carbonyl (C=O) groups is 2. The Labute approximate surface area is 224 Å². The van der Waals surface area contributed by atoms with Crippen molar-refractivity contribution in [2.75, 3.05) is 39.5 Å². The van der Waals surface area contributed by atoms with E-state index < -0.39 is 0 Å². The largest absolute Gasteiger partial charge is 0.460 e. The van der Waals surface area contributed by atoms with E-state index in [0.717, 1.165) is 56.0 Å². The van der Waals surface area contributed by atoms with Crippen LogP contribution in [0.15, 0.2) is 12.1 Å². The Balaban J connectivity index is 0.00000222. The molecule has 0 radical (unpaired) electrons. The highest BCUT2D eigenvalue weighted by Gasteiger charge is 2.26. The maximum absolute atomic E-state index is 12.4. The first-order valence-electron chi connectivity index (χ1n) is 14.6. The van der Waals surface area contributed by atoms with E-state index in [1.165, 1.54) is 94.8 Å². The highest BCUT2D eigenvalue weighted by atomic mass is 32.1. The number of nitrogens with zero attached hydrogens (tertiary/aromatic N) is 1. The maximum atomic E-state index is 12.4. The first kappa shape index (κ1) is 31.0. The highest BCUT2D eigenvalue weighted by molar-refractivity contribution is 7.13. The quantitative estimate of drug-likeness (QED) is 0.159. The number of esters is 1. The van der Waals surface area contributed by atoms with Gasteiger partial charge in [-0.3, -0.25) is 4.90 Å². The van der Waals surface area contributed by atoms with Crippen LogP contribution in [0.4, 0.5) is 0 Å². The van der Waals surface area contributed by atoms with Crippen molar-refractivity contribution in [1.82, 2.24) is 4.90 Å². The van der Waals surface area contributed by atoms with Crippen LogP contribution in [-0.2, 0) is 20.7 Å². The van der Waals surface area contributed by atoms with Crippen molar-refractivity contribution in [3.63, 3.8) is 0 Å². The number of ether oxygens (including phenoxy) is 2. The summed E-state index contributed by atoms with van der Waals surface area (Å²) in [6.07, 6.45) is 20.9. The number of rotatable bonds is 17. The number of unbranched alkanes of at least 4 members (excludes halogenated alkanes) is 7. The van der Waals surface area contributed by atoms with Gasteiger partial charge in [0.1, 0.15) is 18.3 Å². The molecule has 1 aliphatic carbocycles. The average molecular weight is 522 g/mol. The van der Waals surface area contributed by atoms with Gasteiger partial charge in [0.2, 0.25) is 0 Å². The molecule has 0 N–H and O–H groups in total. The van der Waals surface area contributed by atoms with Crippen LogP contribution in [-0.4, -0.2) is 57.1 Å². The molecule has 1 aliphatic heterocycles. The predicted octanol–water partition coefficient (Wildman–Crippen LogP) is 7.32. The molecule has 36 heavy (non-hydrogen) atoms. The molecule has 0 aromatic carbocycles. The lowest BCUT2D eigenvalue weighted by Gasteiger charge is -2.26. The number of carbonyl (C=O) groups excluding carboxylic acids is 2. The Hall–Kier alpha value is -1.24. The molecule has 5 nitrogen and oxygen atoms in total. The van der Waals surface area contributed by atoms with Crippen LogP contribution < -0.4 is 0 Å². The number of aryl methyl sites for hydroxylation is 1. The molecule has 2 aliphatic rings. The molecule has 6 heteroatoms. The van der Waals surface area contributed by atoms with Gasteiger partial charge in [-0.2, -0.15) is 0 Å². The minimum absolute atomic E-state index is 0.161. The van der Waals surface area contributed by atoms with Crippen molar-refractivity contribution in [3.05, 3.63) is 21.9 Å². The SMILES string of the molecule is C=O.CCCCCCCCCCC1CCC[C@@H]1CCCc1ccc(C(=O)OCCN2CCOCC2)s1. The molecule has 1 saturated heterocycles. The van der Waals surface area contributed by atoms with Gasteiger partial charge < -0.3 is 14.3 Å². The number of hydrogen-bond donors (Lipinski definition) is 0. The van der Waals surface area contributed by atoms with Crippen LogP contribution in [0.5, 0.6) is 0 Å². The van der Waals surface area contributed by atoms with Gasteiger partial charge in [-0.05, 0) is 43.2 Å². The zero-order chi connectivity index (χ0) is 25.8. The van der Waals surface area contributed by atoms with Crippen LogP contribution in [0.1, 0.15) is 111 Å². The molecule has 2 atom stereocenters. The second-order valence-corrected chi connectivity index (χ2v) is 11.6. The zero-order valence-corrected chi connectivity index (χ0v) is 23.7. The lowest BCUT2D eigenvalue weighted by molar-refractivity contribution is -0.0980. The number of thiophene rings is 1. The fourth-order valence-corrected chi connectivity index (χ4v) is 6.68. The first-order valence-corrected chi connectivity index (χ1v) is 15.4. The van der Waals surface area contributed by atoms with Crippen molar-refractivity contribution in [3.8, 4) is 0 Å². The smallest absolute Gasteiger partial charge is 0.348 e. The molecule has 1 aromatic heterocycles. The summed E-state index contributed by atoms with van der Waals surface area (Å²) in [6.45, 7) is 8.99. The Morgan fingerprint density at radius 2 is 1.61 bits per heavy atom. The van der Waals surface area contributed by atoms with Gasteiger partial charge in [-0.15, -0.1) is 11.3 Å². The Kier molecular flexibility index (Phi) is 17.1. The van der Waals surface area contributed by atoms with Gasteiger partial charge in [0, 0.05) is 24.5 Å². The second-order valence-electron chi connectivity index (χ2n) is 10.5. The highest BCUT2D eigenvalue weighted by Crippen LogP contribution is 2.38. The van der Waals surface area contributed by atoms with Gasteiger partial charge in [-0.25, -0.2) is 4.79 Å². The third-order valence-electron chi connectivity index (χ3n) is 7.85. The maximum Gasteiger partial charge on any atom is 0.348 e. The summed E-state index contributed by atoms with van der Waals surface area (Å²) in [5.41, 5.74) is 0. The van der Waals surface area contributed by atoms with Crippen molar-refractivity contribution < 1.29 is 19.1 Å². The van der Waals surface area contributed by atoms with Crippen LogP contribution in [0.2, 0.25) is 0 Å². The van der Waals surface area contributed by atoms with Gasteiger partial charge in [-0.1, -0.05) is 84.0 Å². The van der Waals surface area contributed by atoms with Gasteiger partial charge in [0.25, 0.3) is 0 Å². The van der Waals surface area contributed by atoms with Gasteiger partial charge in [0.15, 0.2) is 0 Å². The molecule has 206 valence electrons. The Bertz CT molecular complexity index is 688. The van der Waals surface area contributed by atoms with E-state index in [2.05, 4.69) is 17.9 Å². The van der Waals surface area contributed by atoms with E-state index in [1.807, 2.05) is 12.9 Å². The molecule has 0 spiro atoms. The summed E-state index contributed by atoms with van der Waals surface area (Å²) >= 11 is 1.63. The van der Waals surface area contributed by atoms with Crippen molar-refractivity contribution in [2.45, 2.75) is 103 Å². The fourth-order valence-electron chi connectivity index (χ4n) is 5.74. The molecule has 1 unspecified atom stereocenters. The van der Waals surface area contributed by atoms with Crippen LogP contribution in [0.25, 0.3) is 0 Å². The standard InChI is InChI=1S/C29H49NO3S.CH2O/c1-2-3-4-5-6-7-8-9-12-25-13-10-14-26(25)15-11-16-27-17-18-28(34-27)29(31)33-24-21-30-19-22-32-23-20-30;1-2/h17-18,25-26H,2-16,19-24H2,1H3;1H2/t25?,26-;/m1./s1. The van der Waals surface area contributed by atoms with E-state index in [4.69, 9.17) is 14.3 Å². The molecule has 0 bridgehead atoms. The van der Waals surface area contributed by atoms with E-state index in [-0.39, 0.29) is 5.97 Å². The average Bonchev–Trinajstić information content (AvgIpc) is 3.57. The predicted molar refractivity (Wildman–Crippen MR) is 150 cm³/mol. The summed E-state index contributed by atoms with van der Waals surface area (Å²) < 4.78 is 10.9. The van der Waals surface area contributed by atoms with Crippen molar-refractivity contribution in [1.29, 1.82) is 0 Å². The lowest BCUT2D eigenvalue weighted by atomic mass is 9.87. The zero-order valence-electron chi connectivity index (χ0n) is 22.9. The molecule has 1 saturated carbocycles. The summed E-state index contributed by atoms with van der Waals surface area (Å²) in [5, 5.41) is 0. The summed E-state index contributed by atoms with van der Waals surface area (Å²) in [6, 6.07) is 4.09. The molecule has 2 heterocycles. The van der Waals surface area contributed by atoms with Crippen LogP contribution >= 0.6 is 11.3 Å². The molecular formula is C30H51NO4S. The minimum atomic E-state index is -0.161. The van der Waals surface area contributed by atoms with Crippen molar-refractivity contribution in [2.24, 2.45) is 11.8 Å². The molecular weight excluding hydrogens is 470 g/mol. The minimum Gasteiger partial charge on any atom is -0.460 e. The lowest BCUT2D eigenvalue weighted by Crippen LogP contribution is -2.38. The Morgan fingerprint density at radius 1 is 0.972 bits per heavy atom. The monoisotopic (exact) mass is 521 g/mol. The summed E-state index contributed by atoms with van der Waals surface area (Å²) in [5.74, 6) is 1.75. The molecule has 0 amide bonds. The summed E-state index contributed by atoms with van der Waals surface area (Å²) in [7, 11) is 0. The van der Waals surface area contributed by atoms with E-state index >= 15 is 0 Å². The third kappa shape index (κ3) is 12.3. The van der Waals surface area contributed by atoms with Crippen LogP contribution in [0, 0.1) is 11.8 Å². The second kappa shape index (κ2) is 19.8. The number of hydrogen-bond acceptors (Lipinski definition) is 6. The van der Waals surface area contributed by atoms with E-state index in [9.17, 15) is 4.79 Å². The molecule has 2 fully saturated rings. The summed E-state index contributed by atoms with van der Waals surface area (Å²) in [4.78, 5) is 24.8. The van der Waals surface area contributed by atoms with Gasteiger partial charge in [0.05, 0.1) is 13.2 Å². The number of morpholine rings is 1. The molecule has 3 rings (SSSR count). The van der Waals surface area contributed by atoms with Crippen molar-refractivity contribution >= 4 is 24.1 Å². The topological polar surface area (TPSA) is 55.8 Å². The third-order valence-corrected chi connectivity index (χ3v) is 8.98. The first-order chi connectivity index (χ1) is 17.8.